The molecule has 0 aromatic heterocycles. The molecule has 0 spiro atoms. The van der Waals surface area contributed by atoms with E-state index in [4.69, 9.17) is 10.5 Å². The van der Waals surface area contributed by atoms with E-state index in [9.17, 15) is 0 Å². The number of hydrogen-bond acceptors (Lipinski definition) is 4. The second-order valence-electron chi connectivity index (χ2n) is 6.02. The fraction of sp³-hybridized carbons (Fsp3) is 1.00. The van der Waals surface area contributed by atoms with Crippen LogP contribution in [0, 0.1) is 0 Å². The third kappa shape index (κ3) is 3.05. The maximum Gasteiger partial charge on any atom is 0.0737 e. The summed E-state index contributed by atoms with van der Waals surface area (Å²) in [5.41, 5.74) is 6.38. The van der Waals surface area contributed by atoms with Crippen molar-refractivity contribution in [1.29, 1.82) is 0 Å². The fourth-order valence-electron chi connectivity index (χ4n) is 3.45. The van der Waals surface area contributed by atoms with Crippen LogP contribution in [0.1, 0.15) is 33.1 Å². The molecule has 2 aliphatic rings. The Morgan fingerprint density at radius 1 is 1.11 bits per heavy atom. The zero-order chi connectivity index (χ0) is 13.1. The van der Waals surface area contributed by atoms with E-state index in [0.717, 1.165) is 19.5 Å². The standard InChI is InChI=1S/C14H29N3O/c1-11(2)16-7-9-17(10-8-16)12-5-4-6-13(18-3)14(12)15/h11-14H,4-10,15H2,1-3H3/t12-,13-,14+/m0/s1. The van der Waals surface area contributed by atoms with Gasteiger partial charge in [-0.3, -0.25) is 9.80 Å². The fourth-order valence-corrected chi connectivity index (χ4v) is 3.45. The van der Waals surface area contributed by atoms with E-state index >= 15 is 0 Å². The van der Waals surface area contributed by atoms with Gasteiger partial charge in [0.1, 0.15) is 0 Å². The van der Waals surface area contributed by atoms with Gasteiger partial charge in [0.25, 0.3) is 0 Å². The van der Waals surface area contributed by atoms with Gasteiger partial charge in [0.15, 0.2) is 0 Å². The van der Waals surface area contributed by atoms with Crippen molar-refractivity contribution < 1.29 is 4.74 Å². The first-order valence-electron chi connectivity index (χ1n) is 7.40. The summed E-state index contributed by atoms with van der Waals surface area (Å²) in [5, 5.41) is 0. The second kappa shape index (κ2) is 6.33. The summed E-state index contributed by atoms with van der Waals surface area (Å²) < 4.78 is 5.52. The monoisotopic (exact) mass is 255 g/mol. The van der Waals surface area contributed by atoms with Gasteiger partial charge in [-0.1, -0.05) is 0 Å². The van der Waals surface area contributed by atoms with E-state index in [1.807, 2.05) is 0 Å². The Bertz CT molecular complexity index is 251. The summed E-state index contributed by atoms with van der Waals surface area (Å²) >= 11 is 0. The van der Waals surface area contributed by atoms with Gasteiger partial charge in [-0.05, 0) is 33.1 Å². The lowest BCUT2D eigenvalue weighted by atomic mass is 9.87. The molecule has 1 saturated heterocycles. The predicted octanol–water partition coefficient (Wildman–Crippen LogP) is 0.907. The second-order valence-corrected chi connectivity index (χ2v) is 6.02. The van der Waals surface area contributed by atoms with Crippen LogP contribution in [0.4, 0.5) is 0 Å². The Hall–Kier alpha value is -0.160. The Kier molecular flexibility index (Phi) is 5.01. The Morgan fingerprint density at radius 3 is 2.33 bits per heavy atom. The number of piperazine rings is 1. The summed E-state index contributed by atoms with van der Waals surface area (Å²) in [6.07, 6.45) is 3.87. The Labute approximate surface area is 111 Å². The van der Waals surface area contributed by atoms with Crippen LogP contribution >= 0.6 is 0 Å². The van der Waals surface area contributed by atoms with E-state index < -0.39 is 0 Å². The SMILES string of the molecule is CO[C@H]1CCC[C@H](N2CCN(C(C)C)CC2)[C@H]1N. The highest BCUT2D eigenvalue weighted by Gasteiger charge is 2.35. The third-order valence-corrected chi connectivity index (χ3v) is 4.71. The van der Waals surface area contributed by atoms with Crippen molar-refractivity contribution >= 4 is 0 Å². The van der Waals surface area contributed by atoms with Gasteiger partial charge in [-0.15, -0.1) is 0 Å². The number of nitrogens with two attached hydrogens (primary N) is 1. The number of ether oxygens (including phenoxy) is 1. The van der Waals surface area contributed by atoms with Gasteiger partial charge in [0.05, 0.1) is 6.10 Å². The topological polar surface area (TPSA) is 41.7 Å². The largest absolute Gasteiger partial charge is 0.380 e. The molecule has 2 rings (SSSR count). The van der Waals surface area contributed by atoms with Gasteiger partial charge in [0, 0.05) is 51.4 Å². The molecule has 4 nitrogen and oxygen atoms in total. The van der Waals surface area contributed by atoms with Crippen LogP contribution < -0.4 is 5.73 Å². The molecule has 1 heterocycles. The summed E-state index contributed by atoms with van der Waals surface area (Å²) in [4.78, 5) is 5.15. The zero-order valence-electron chi connectivity index (χ0n) is 12.1. The lowest BCUT2D eigenvalue weighted by molar-refractivity contribution is -0.00839. The third-order valence-electron chi connectivity index (χ3n) is 4.71. The molecule has 2 fully saturated rings. The molecule has 1 aliphatic heterocycles. The Balaban J connectivity index is 1.88. The summed E-state index contributed by atoms with van der Waals surface area (Å²) in [6, 6.07) is 1.38. The summed E-state index contributed by atoms with van der Waals surface area (Å²) in [5.74, 6) is 0. The van der Waals surface area contributed by atoms with Crippen LogP contribution in [0.5, 0.6) is 0 Å². The minimum Gasteiger partial charge on any atom is -0.380 e. The van der Waals surface area contributed by atoms with Crippen molar-refractivity contribution in [1.82, 2.24) is 9.80 Å². The van der Waals surface area contributed by atoms with Gasteiger partial charge in [0.2, 0.25) is 0 Å². The van der Waals surface area contributed by atoms with Crippen molar-refractivity contribution in [2.24, 2.45) is 5.73 Å². The van der Waals surface area contributed by atoms with Gasteiger partial charge < -0.3 is 10.5 Å². The highest BCUT2D eigenvalue weighted by molar-refractivity contribution is 4.93. The molecule has 0 aromatic rings. The van der Waals surface area contributed by atoms with E-state index in [1.54, 1.807) is 7.11 Å². The molecule has 1 aliphatic carbocycles. The smallest absolute Gasteiger partial charge is 0.0737 e. The minimum atomic E-state index is 0.189. The van der Waals surface area contributed by atoms with E-state index in [2.05, 4.69) is 23.6 Å². The highest BCUT2D eigenvalue weighted by Crippen LogP contribution is 2.25. The average molecular weight is 255 g/mol. The first-order chi connectivity index (χ1) is 8.63. The van der Waals surface area contributed by atoms with Crippen LogP contribution in [0.3, 0.4) is 0 Å². The maximum absolute atomic E-state index is 6.38. The van der Waals surface area contributed by atoms with Crippen molar-refractivity contribution in [3.05, 3.63) is 0 Å². The number of nitrogens with zero attached hydrogens (tertiary/aromatic N) is 2. The normalized spacial score (nSPS) is 36.2. The molecule has 18 heavy (non-hydrogen) atoms. The van der Waals surface area contributed by atoms with Crippen LogP contribution in [0.15, 0.2) is 0 Å². The molecule has 106 valence electrons. The first kappa shape index (κ1) is 14.3. The number of methoxy groups -OCH3 is 1. The molecular formula is C14H29N3O. The van der Waals surface area contributed by atoms with Crippen LogP contribution in [0.2, 0.25) is 0 Å². The lowest BCUT2D eigenvalue weighted by Crippen LogP contribution is -2.60. The molecule has 0 bridgehead atoms. The molecule has 2 N–H and O–H groups in total. The number of rotatable bonds is 3. The number of hydrogen-bond donors (Lipinski definition) is 1. The lowest BCUT2D eigenvalue weighted by Gasteiger charge is -2.46. The van der Waals surface area contributed by atoms with Crippen LogP contribution in [-0.4, -0.2) is 67.3 Å². The average Bonchev–Trinajstić information content (AvgIpc) is 2.39. The zero-order valence-corrected chi connectivity index (χ0v) is 12.1. The first-order valence-corrected chi connectivity index (χ1v) is 7.40. The summed E-state index contributed by atoms with van der Waals surface area (Å²) in [6.45, 7) is 9.24. The van der Waals surface area contributed by atoms with Gasteiger partial charge in [-0.25, -0.2) is 0 Å². The molecular weight excluding hydrogens is 226 g/mol. The Morgan fingerprint density at radius 2 is 1.78 bits per heavy atom. The molecule has 4 heteroatoms. The molecule has 1 saturated carbocycles. The minimum absolute atomic E-state index is 0.189. The van der Waals surface area contributed by atoms with Crippen molar-refractivity contribution in [2.75, 3.05) is 33.3 Å². The molecule has 3 atom stereocenters. The predicted molar refractivity (Wildman–Crippen MR) is 74.7 cm³/mol. The van der Waals surface area contributed by atoms with Gasteiger partial charge >= 0.3 is 0 Å². The van der Waals surface area contributed by atoms with Gasteiger partial charge in [-0.2, -0.15) is 0 Å². The molecule has 0 aromatic carbocycles. The molecule has 0 amide bonds. The van der Waals surface area contributed by atoms with Crippen molar-refractivity contribution in [3.63, 3.8) is 0 Å². The van der Waals surface area contributed by atoms with E-state index in [0.29, 0.717) is 12.1 Å². The van der Waals surface area contributed by atoms with Crippen molar-refractivity contribution in [2.45, 2.75) is 57.3 Å². The van der Waals surface area contributed by atoms with Crippen molar-refractivity contribution in [3.8, 4) is 0 Å². The maximum atomic E-state index is 6.38. The molecule has 0 radical (unpaired) electrons. The van der Waals surface area contributed by atoms with E-state index in [-0.39, 0.29) is 12.1 Å². The van der Waals surface area contributed by atoms with Crippen LogP contribution in [-0.2, 0) is 4.74 Å². The van der Waals surface area contributed by atoms with E-state index in [1.165, 1.54) is 25.9 Å². The summed E-state index contributed by atoms with van der Waals surface area (Å²) in [7, 11) is 1.80. The quantitative estimate of drug-likeness (QED) is 0.814. The molecule has 0 unspecified atom stereocenters. The van der Waals surface area contributed by atoms with Crippen LogP contribution in [0.25, 0.3) is 0 Å². The highest BCUT2D eigenvalue weighted by atomic mass is 16.5.